The Bertz CT molecular complexity index is 341. The van der Waals surface area contributed by atoms with Crippen LogP contribution in [0.25, 0.3) is 0 Å². The normalized spacial score (nSPS) is 20.2. The molecule has 0 aromatic heterocycles. The average Bonchev–Trinajstić information content (AvgIpc) is 2.21. The van der Waals surface area contributed by atoms with E-state index in [0.717, 1.165) is 5.57 Å². The first-order valence-electron chi connectivity index (χ1n) is 5.40. The Labute approximate surface area is 95.8 Å². The fourth-order valence-corrected chi connectivity index (χ4v) is 1.57. The van der Waals surface area contributed by atoms with Gasteiger partial charge in [-0.3, -0.25) is 14.9 Å². The predicted molar refractivity (Wildman–Crippen MR) is 62.7 cm³/mol. The number of nitrogens with one attached hydrogen (secondary N) is 2. The lowest BCUT2D eigenvalue weighted by Gasteiger charge is -2.22. The second-order valence-corrected chi connectivity index (χ2v) is 4.11. The van der Waals surface area contributed by atoms with Crippen LogP contribution in [0.4, 0.5) is 0 Å². The molecule has 0 saturated carbocycles. The Hall–Kier alpha value is -1.42. The second kappa shape index (κ2) is 5.61. The van der Waals surface area contributed by atoms with Crippen molar-refractivity contribution in [3.8, 4) is 0 Å². The van der Waals surface area contributed by atoms with Gasteiger partial charge in [0.1, 0.15) is 0 Å². The highest BCUT2D eigenvalue weighted by Gasteiger charge is 2.25. The minimum Gasteiger partial charge on any atom is -0.302 e. The standard InChI is InChI=1S/C12H18N2O2/c1-4-9(8(2)3)7-13-10-5-6-11(15)14-12(10)16/h4,10,13H,1,5-7H2,2-3H3,(H,14,15,16). The predicted octanol–water partition coefficient (Wildman–Crippen LogP) is 0.904. The number of piperidine rings is 1. The summed E-state index contributed by atoms with van der Waals surface area (Å²) in [6.45, 7) is 8.34. The topological polar surface area (TPSA) is 58.2 Å². The Morgan fingerprint density at radius 2 is 2.25 bits per heavy atom. The van der Waals surface area contributed by atoms with Crippen LogP contribution in [-0.2, 0) is 9.59 Å². The zero-order valence-corrected chi connectivity index (χ0v) is 9.80. The van der Waals surface area contributed by atoms with Crippen LogP contribution >= 0.6 is 0 Å². The number of allylic oxidation sites excluding steroid dienone is 1. The van der Waals surface area contributed by atoms with Crippen LogP contribution in [0, 0.1) is 0 Å². The van der Waals surface area contributed by atoms with E-state index in [1.165, 1.54) is 5.57 Å². The molecule has 1 unspecified atom stereocenters. The van der Waals surface area contributed by atoms with Gasteiger partial charge in [-0.15, -0.1) is 0 Å². The SMILES string of the molecule is C=CC(CNC1CCC(=O)NC1=O)=C(C)C. The lowest BCUT2D eigenvalue weighted by atomic mass is 10.0. The van der Waals surface area contributed by atoms with Gasteiger partial charge in [0.2, 0.25) is 11.8 Å². The average molecular weight is 222 g/mol. The monoisotopic (exact) mass is 222 g/mol. The van der Waals surface area contributed by atoms with Crippen molar-refractivity contribution >= 4 is 11.8 Å². The summed E-state index contributed by atoms with van der Waals surface area (Å²) in [4.78, 5) is 22.4. The molecule has 4 nitrogen and oxygen atoms in total. The van der Waals surface area contributed by atoms with Crippen LogP contribution in [0.1, 0.15) is 26.7 Å². The Morgan fingerprint density at radius 1 is 1.56 bits per heavy atom. The molecule has 1 fully saturated rings. The lowest BCUT2D eigenvalue weighted by Crippen LogP contribution is -2.51. The van der Waals surface area contributed by atoms with Crippen molar-refractivity contribution in [1.82, 2.24) is 10.6 Å². The largest absolute Gasteiger partial charge is 0.302 e. The minimum atomic E-state index is -0.271. The molecule has 1 rings (SSSR count). The number of imide groups is 1. The zero-order chi connectivity index (χ0) is 12.1. The fourth-order valence-electron chi connectivity index (χ4n) is 1.57. The van der Waals surface area contributed by atoms with Gasteiger partial charge in [0, 0.05) is 13.0 Å². The van der Waals surface area contributed by atoms with Gasteiger partial charge in [0.25, 0.3) is 0 Å². The molecule has 2 N–H and O–H groups in total. The van der Waals surface area contributed by atoms with Crippen molar-refractivity contribution in [2.24, 2.45) is 0 Å². The van der Waals surface area contributed by atoms with Crippen molar-refractivity contribution in [2.45, 2.75) is 32.7 Å². The first-order valence-corrected chi connectivity index (χ1v) is 5.40. The van der Waals surface area contributed by atoms with Gasteiger partial charge in [0.15, 0.2) is 0 Å². The van der Waals surface area contributed by atoms with Crippen molar-refractivity contribution < 1.29 is 9.59 Å². The summed E-state index contributed by atoms with van der Waals surface area (Å²) in [5.41, 5.74) is 2.26. The van der Waals surface area contributed by atoms with Crippen molar-refractivity contribution in [3.63, 3.8) is 0 Å². The summed E-state index contributed by atoms with van der Waals surface area (Å²) in [5, 5.41) is 5.45. The fraction of sp³-hybridized carbons (Fsp3) is 0.500. The van der Waals surface area contributed by atoms with Crippen LogP contribution in [0.5, 0.6) is 0 Å². The third-order valence-electron chi connectivity index (χ3n) is 2.67. The maximum Gasteiger partial charge on any atom is 0.243 e. The maximum atomic E-state index is 11.4. The number of rotatable bonds is 4. The van der Waals surface area contributed by atoms with Gasteiger partial charge in [-0.2, -0.15) is 0 Å². The Balaban J connectivity index is 2.50. The van der Waals surface area contributed by atoms with Gasteiger partial charge in [-0.1, -0.05) is 18.2 Å². The Kier molecular flexibility index (Phi) is 4.43. The van der Waals surface area contributed by atoms with Crippen molar-refractivity contribution in [2.75, 3.05) is 6.54 Å². The summed E-state index contributed by atoms with van der Waals surface area (Å²) >= 11 is 0. The third-order valence-corrected chi connectivity index (χ3v) is 2.67. The molecule has 88 valence electrons. The highest BCUT2D eigenvalue weighted by atomic mass is 16.2. The summed E-state index contributed by atoms with van der Waals surface area (Å²) in [6, 6.07) is -0.271. The quantitative estimate of drug-likeness (QED) is 0.549. The number of amides is 2. The molecule has 0 bridgehead atoms. The minimum absolute atomic E-state index is 0.186. The summed E-state index contributed by atoms with van der Waals surface area (Å²) in [6.07, 6.45) is 2.76. The van der Waals surface area contributed by atoms with Crippen LogP contribution in [0.3, 0.4) is 0 Å². The molecule has 1 heterocycles. The summed E-state index contributed by atoms with van der Waals surface area (Å²) in [5.74, 6) is -0.414. The number of carbonyl (C=O) groups excluding carboxylic acids is 2. The van der Waals surface area contributed by atoms with Crippen LogP contribution in [0.2, 0.25) is 0 Å². The third kappa shape index (κ3) is 3.31. The molecule has 0 aromatic rings. The second-order valence-electron chi connectivity index (χ2n) is 4.11. The molecule has 4 heteroatoms. The van der Waals surface area contributed by atoms with E-state index in [-0.39, 0.29) is 17.9 Å². The van der Waals surface area contributed by atoms with Gasteiger partial charge in [-0.05, 0) is 25.8 Å². The molecule has 0 aliphatic carbocycles. The van der Waals surface area contributed by atoms with Gasteiger partial charge >= 0.3 is 0 Å². The molecule has 16 heavy (non-hydrogen) atoms. The van der Waals surface area contributed by atoms with Crippen LogP contribution in [0.15, 0.2) is 23.8 Å². The van der Waals surface area contributed by atoms with Gasteiger partial charge in [0.05, 0.1) is 6.04 Å². The lowest BCUT2D eigenvalue weighted by molar-refractivity contribution is -0.134. The summed E-state index contributed by atoms with van der Waals surface area (Å²) in [7, 11) is 0. The van der Waals surface area contributed by atoms with E-state index in [1.54, 1.807) is 6.08 Å². The van der Waals surface area contributed by atoms with E-state index in [2.05, 4.69) is 17.2 Å². The zero-order valence-electron chi connectivity index (χ0n) is 9.80. The maximum absolute atomic E-state index is 11.4. The van der Waals surface area contributed by atoms with Crippen molar-refractivity contribution in [1.29, 1.82) is 0 Å². The van der Waals surface area contributed by atoms with E-state index in [4.69, 9.17) is 0 Å². The summed E-state index contributed by atoms with van der Waals surface area (Å²) < 4.78 is 0. The van der Waals surface area contributed by atoms with E-state index in [9.17, 15) is 9.59 Å². The van der Waals surface area contributed by atoms with Crippen LogP contribution in [-0.4, -0.2) is 24.4 Å². The van der Waals surface area contributed by atoms with E-state index in [1.807, 2.05) is 13.8 Å². The molecule has 0 spiro atoms. The van der Waals surface area contributed by atoms with Gasteiger partial charge in [-0.25, -0.2) is 0 Å². The molecule has 0 aromatic carbocycles. The van der Waals surface area contributed by atoms with E-state index in [0.29, 0.717) is 19.4 Å². The molecular weight excluding hydrogens is 204 g/mol. The highest BCUT2D eigenvalue weighted by Crippen LogP contribution is 2.07. The number of hydrogen-bond acceptors (Lipinski definition) is 3. The smallest absolute Gasteiger partial charge is 0.243 e. The first-order chi connectivity index (χ1) is 7.54. The van der Waals surface area contributed by atoms with E-state index >= 15 is 0 Å². The number of hydrogen-bond donors (Lipinski definition) is 2. The number of carbonyl (C=O) groups is 2. The van der Waals surface area contributed by atoms with Gasteiger partial charge < -0.3 is 5.32 Å². The molecule has 1 aliphatic rings. The molecule has 1 aliphatic heterocycles. The molecule has 1 saturated heterocycles. The van der Waals surface area contributed by atoms with Crippen molar-refractivity contribution in [3.05, 3.63) is 23.8 Å². The Morgan fingerprint density at radius 3 is 2.75 bits per heavy atom. The molecular formula is C12H18N2O2. The molecule has 1 atom stereocenters. The van der Waals surface area contributed by atoms with Crippen LogP contribution < -0.4 is 10.6 Å². The van der Waals surface area contributed by atoms with E-state index < -0.39 is 0 Å². The first kappa shape index (κ1) is 12.6. The molecule has 0 radical (unpaired) electrons. The highest BCUT2D eigenvalue weighted by molar-refractivity contribution is 6.00. The molecule has 2 amide bonds.